The number of nitrogens with one attached hydrogen (secondary N) is 1. The molecular weight excluding hydrogens is 308 g/mol. The molecule has 0 radical (unpaired) electrons. The van der Waals surface area contributed by atoms with E-state index in [0.717, 1.165) is 21.9 Å². The van der Waals surface area contributed by atoms with E-state index in [2.05, 4.69) is 25.4 Å². The van der Waals surface area contributed by atoms with Gasteiger partial charge in [0.2, 0.25) is 0 Å². The van der Waals surface area contributed by atoms with Crippen LogP contribution in [0.4, 0.5) is 0 Å². The zero-order chi connectivity index (χ0) is 14.8. The summed E-state index contributed by atoms with van der Waals surface area (Å²) in [5, 5.41) is 20.7. The fourth-order valence-electron chi connectivity index (χ4n) is 1.90. The molecule has 3 aromatic heterocycles. The number of halogens is 1. The summed E-state index contributed by atoms with van der Waals surface area (Å²) in [5.41, 5.74) is 2.25. The highest BCUT2D eigenvalue weighted by Gasteiger charge is 2.19. The largest absolute Gasteiger partial charge is 0.262 e. The average Bonchev–Trinajstić information content (AvgIpc) is 3.12. The van der Waals surface area contributed by atoms with E-state index in [-0.39, 0.29) is 5.69 Å². The molecule has 1 N–H and O–H groups in total. The maximum absolute atomic E-state index is 9.07. The van der Waals surface area contributed by atoms with Crippen molar-refractivity contribution >= 4 is 22.9 Å². The second-order valence-electron chi connectivity index (χ2n) is 4.17. The molecule has 21 heavy (non-hydrogen) atoms. The Labute approximate surface area is 129 Å². The normalized spacial score (nSPS) is 10.5. The number of aromatic amines is 1. The van der Waals surface area contributed by atoms with E-state index in [4.69, 9.17) is 16.9 Å². The molecule has 6 nitrogen and oxygen atoms in total. The Morgan fingerprint density at radius 1 is 1.33 bits per heavy atom. The summed E-state index contributed by atoms with van der Waals surface area (Å²) in [5.74, 6) is 0. The first kappa shape index (κ1) is 13.7. The van der Waals surface area contributed by atoms with Crippen molar-refractivity contribution in [1.29, 1.82) is 5.26 Å². The van der Waals surface area contributed by atoms with Gasteiger partial charge in [0.15, 0.2) is 11.4 Å². The standard InChI is InChI=1S/C13H9ClN6S/c1-2-10-12(11-9(4-15)18-20-19-11)17-13(21-10)7-3-8(14)6-16-5-7/h3,5-6H,2H2,1H3,(H,18,19,20). The molecule has 0 aromatic carbocycles. The molecule has 0 aliphatic heterocycles. The number of nitriles is 1. The summed E-state index contributed by atoms with van der Waals surface area (Å²) in [6.45, 7) is 2.03. The van der Waals surface area contributed by atoms with Crippen LogP contribution in [0, 0.1) is 11.3 Å². The number of aromatic nitrogens is 5. The molecule has 3 heterocycles. The lowest BCUT2D eigenvalue weighted by atomic mass is 10.2. The van der Waals surface area contributed by atoms with E-state index >= 15 is 0 Å². The van der Waals surface area contributed by atoms with Crippen LogP contribution in [0.1, 0.15) is 17.5 Å². The second-order valence-corrected chi connectivity index (χ2v) is 5.69. The van der Waals surface area contributed by atoms with Crippen molar-refractivity contribution in [2.24, 2.45) is 0 Å². The first-order valence-electron chi connectivity index (χ1n) is 6.14. The van der Waals surface area contributed by atoms with E-state index in [1.807, 2.05) is 19.1 Å². The van der Waals surface area contributed by atoms with Gasteiger partial charge in [0.05, 0.1) is 5.02 Å². The van der Waals surface area contributed by atoms with Gasteiger partial charge in [-0.15, -0.1) is 16.4 Å². The molecule has 3 rings (SSSR count). The molecule has 0 spiro atoms. The van der Waals surface area contributed by atoms with Crippen LogP contribution >= 0.6 is 22.9 Å². The quantitative estimate of drug-likeness (QED) is 0.801. The minimum absolute atomic E-state index is 0.241. The number of rotatable bonds is 3. The Hall–Kier alpha value is -2.30. The van der Waals surface area contributed by atoms with Crippen LogP contribution in [-0.2, 0) is 6.42 Å². The van der Waals surface area contributed by atoms with Crippen molar-refractivity contribution in [3.63, 3.8) is 0 Å². The SMILES string of the molecule is CCc1sc(-c2cncc(Cl)c2)nc1-c1n[nH]nc1C#N. The number of hydrogen-bond acceptors (Lipinski definition) is 6. The molecule has 0 saturated heterocycles. The molecule has 0 bridgehead atoms. The molecular formula is C13H9ClN6S. The molecule has 8 heteroatoms. The maximum atomic E-state index is 9.07. The fourth-order valence-corrected chi connectivity index (χ4v) is 3.06. The number of pyridine rings is 1. The van der Waals surface area contributed by atoms with Crippen molar-refractivity contribution < 1.29 is 0 Å². The van der Waals surface area contributed by atoms with Crippen LogP contribution in [0.2, 0.25) is 5.02 Å². The number of H-pyrrole nitrogens is 1. The molecule has 0 saturated carbocycles. The smallest absolute Gasteiger partial charge is 0.192 e. The first-order chi connectivity index (χ1) is 10.2. The van der Waals surface area contributed by atoms with Crippen molar-refractivity contribution in [2.75, 3.05) is 0 Å². The highest BCUT2D eigenvalue weighted by Crippen LogP contribution is 2.34. The van der Waals surface area contributed by atoms with Gasteiger partial charge < -0.3 is 0 Å². The van der Waals surface area contributed by atoms with Crippen LogP contribution in [0.5, 0.6) is 0 Å². The number of hydrogen-bond donors (Lipinski definition) is 1. The Kier molecular flexibility index (Phi) is 3.64. The minimum Gasteiger partial charge on any atom is -0.262 e. The lowest BCUT2D eigenvalue weighted by molar-refractivity contribution is 0.936. The van der Waals surface area contributed by atoms with Crippen LogP contribution in [0.25, 0.3) is 22.0 Å². The summed E-state index contributed by atoms with van der Waals surface area (Å²) in [4.78, 5) is 9.70. The minimum atomic E-state index is 0.241. The van der Waals surface area contributed by atoms with Crippen LogP contribution in [0.3, 0.4) is 0 Å². The predicted octanol–water partition coefficient (Wildman–Crippen LogP) is 3.08. The highest BCUT2D eigenvalue weighted by atomic mass is 35.5. The van der Waals surface area contributed by atoms with Gasteiger partial charge in [0.25, 0.3) is 0 Å². The van der Waals surface area contributed by atoms with Gasteiger partial charge in [-0.1, -0.05) is 18.5 Å². The van der Waals surface area contributed by atoms with Gasteiger partial charge in [-0.05, 0) is 12.5 Å². The van der Waals surface area contributed by atoms with E-state index in [1.54, 1.807) is 12.4 Å². The van der Waals surface area contributed by atoms with Gasteiger partial charge in [-0.2, -0.15) is 15.6 Å². The van der Waals surface area contributed by atoms with Crippen LogP contribution < -0.4 is 0 Å². The summed E-state index contributed by atoms with van der Waals surface area (Å²) >= 11 is 7.50. The maximum Gasteiger partial charge on any atom is 0.192 e. The Balaban J connectivity index is 2.13. The predicted molar refractivity (Wildman–Crippen MR) is 79.8 cm³/mol. The molecule has 0 aliphatic rings. The number of thiazole rings is 1. The zero-order valence-electron chi connectivity index (χ0n) is 11.0. The number of nitrogens with zero attached hydrogens (tertiary/aromatic N) is 5. The van der Waals surface area contributed by atoms with Crippen molar-refractivity contribution in [1.82, 2.24) is 25.4 Å². The van der Waals surface area contributed by atoms with Gasteiger partial charge in [0, 0.05) is 22.8 Å². The zero-order valence-corrected chi connectivity index (χ0v) is 12.5. The monoisotopic (exact) mass is 316 g/mol. The molecule has 104 valence electrons. The highest BCUT2D eigenvalue weighted by molar-refractivity contribution is 7.15. The number of aryl methyl sites for hydroxylation is 1. The molecule has 3 aromatic rings. The lowest BCUT2D eigenvalue weighted by Crippen LogP contribution is -1.88. The third-order valence-electron chi connectivity index (χ3n) is 2.85. The fraction of sp³-hybridized carbons (Fsp3) is 0.154. The van der Waals surface area contributed by atoms with E-state index in [0.29, 0.717) is 16.4 Å². The summed E-state index contributed by atoms with van der Waals surface area (Å²) in [7, 11) is 0. The van der Waals surface area contributed by atoms with Gasteiger partial charge >= 0.3 is 0 Å². The molecule has 0 unspecified atom stereocenters. The third kappa shape index (κ3) is 2.51. The third-order valence-corrected chi connectivity index (χ3v) is 4.30. The van der Waals surface area contributed by atoms with Crippen molar-refractivity contribution in [3.05, 3.63) is 34.1 Å². The lowest BCUT2D eigenvalue weighted by Gasteiger charge is -1.95. The molecule has 0 aliphatic carbocycles. The second kappa shape index (κ2) is 5.60. The van der Waals surface area contributed by atoms with Crippen LogP contribution in [-0.4, -0.2) is 25.4 Å². The van der Waals surface area contributed by atoms with Crippen molar-refractivity contribution in [2.45, 2.75) is 13.3 Å². The average molecular weight is 317 g/mol. The Morgan fingerprint density at radius 3 is 2.90 bits per heavy atom. The molecule has 0 atom stereocenters. The first-order valence-corrected chi connectivity index (χ1v) is 7.34. The molecule has 0 amide bonds. The summed E-state index contributed by atoms with van der Waals surface area (Å²) < 4.78 is 0. The van der Waals surface area contributed by atoms with E-state index < -0.39 is 0 Å². The van der Waals surface area contributed by atoms with E-state index in [1.165, 1.54) is 11.3 Å². The van der Waals surface area contributed by atoms with Crippen LogP contribution in [0.15, 0.2) is 18.5 Å². The molecule has 0 fully saturated rings. The van der Waals surface area contributed by atoms with Gasteiger partial charge in [-0.3, -0.25) is 4.98 Å². The summed E-state index contributed by atoms with van der Waals surface area (Å²) in [6.07, 6.45) is 4.08. The summed E-state index contributed by atoms with van der Waals surface area (Å²) in [6, 6.07) is 3.82. The topological polar surface area (TPSA) is 91.1 Å². The van der Waals surface area contributed by atoms with Gasteiger partial charge in [-0.25, -0.2) is 4.98 Å². The van der Waals surface area contributed by atoms with Gasteiger partial charge in [0.1, 0.15) is 16.8 Å². The Bertz CT molecular complexity index is 831. The van der Waals surface area contributed by atoms with Crippen molar-refractivity contribution in [3.8, 4) is 28.0 Å². The Morgan fingerprint density at radius 2 is 2.19 bits per heavy atom. The van der Waals surface area contributed by atoms with E-state index in [9.17, 15) is 0 Å².